The quantitative estimate of drug-likeness (QED) is 0.702. The average molecular weight is 155 g/mol. The topological polar surface area (TPSA) is 37.8 Å². The van der Waals surface area contributed by atoms with Crippen LogP contribution in [0.1, 0.15) is 13.8 Å². The largest absolute Gasteiger partial charge is 0.367 e. The number of rotatable bonds is 2. The molecule has 0 aromatic carbocycles. The zero-order chi connectivity index (χ0) is 8.27. The lowest BCUT2D eigenvalue weighted by Gasteiger charge is -2.06. The van der Waals surface area contributed by atoms with Crippen molar-refractivity contribution >= 4 is 5.82 Å². The summed E-state index contributed by atoms with van der Waals surface area (Å²) in [6.45, 7) is 3.95. The Labute approximate surface area is 64.7 Å². The molecule has 60 valence electrons. The van der Waals surface area contributed by atoms with Gasteiger partial charge in [-0.25, -0.2) is 9.97 Å². The molecule has 1 N–H and O–H groups in total. The molecule has 1 aromatic rings. The van der Waals surface area contributed by atoms with Gasteiger partial charge in [0.2, 0.25) is 5.95 Å². The van der Waals surface area contributed by atoms with Crippen LogP contribution in [0.25, 0.3) is 0 Å². The molecule has 0 spiro atoms. The molecule has 4 heteroatoms. The minimum Gasteiger partial charge on any atom is -0.367 e. The molecule has 11 heavy (non-hydrogen) atoms. The van der Waals surface area contributed by atoms with Gasteiger partial charge in [-0.2, -0.15) is 4.39 Å². The minimum absolute atomic E-state index is 0.287. The molecule has 0 unspecified atom stereocenters. The van der Waals surface area contributed by atoms with Crippen molar-refractivity contribution in [2.24, 2.45) is 0 Å². The van der Waals surface area contributed by atoms with Gasteiger partial charge in [-0.05, 0) is 13.8 Å². The van der Waals surface area contributed by atoms with Crippen molar-refractivity contribution in [2.75, 3.05) is 5.32 Å². The van der Waals surface area contributed by atoms with Crippen LogP contribution < -0.4 is 5.32 Å². The highest BCUT2D eigenvalue weighted by molar-refractivity contribution is 5.30. The van der Waals surface area contributed by atoms with E-state index in [2.05, 4.69) is 15.3 Å². The Balaban J connectivity index is 2.66. The first-order valence-electron chi connectivity index (χ1n) is 3.42. The molecule has 0 aliphatic carbocycles. The summed E-state index contributed by atoms with van der Waals surface area (Å²) in [5.41, 5.74) is 0. The van der Waals surface area contributed by atoms with E-state index >= 15 is 0 Å². The predicted octanol–water partition coefficient (Wildman–Crippen LogP) is 1.44. The highest BCUT2D eigenvalue weighted by atomic mass is 19.1. The normalized spacial score (nSPS) is 10.2. The third kappa shape index (κ3) is 2.49. The van der Waals surface area contributed by atoms with Crippen molar-refractivity contribution < 1.29 is 4.39 Å². The Kier molecular flexibility index (Phi) is 2.36. The van der Waals surface area contributed by atoms with Crippen LogP contribution in [0.4, 0.5) is 10.2 Å². The molecule has 0 radical (unpaired) electrons. The molecule has 0 atom stereocenters. The summed E-state index contributed by atoms with van der Waals surface area (Å²) in [7, 11) is 0. The van der Waals surface area contributed by atoms with Crippen molar-refractivity contribution in [3.8, 4) is 0 Å². The Morgan fingerprint density at radius 1 is 1.36 bits per heavy atom. The third-order valence-corrected chi connectivity index (χ3v) is 1.06. The molecule has 0 aliphatic rings. The van der Waals surface area contributed by atoms with Crippen LogP contribution in [-0.2, 0) is 0 Å². The summed E-state index contributed by atoms with van der Waals surface area (Å²) in [5.74, 6) is 0.0423. The van der Waals surface area contributed by atoms with Gasteiger partial charge in [-0.15, -0.1) is 0 Å². The number of nitrogens with zero attached hydrogens (tertiary/aromatic N) is 2. The van der Waals surface area contributed by atoms with Gasteiger partial charge in [-0.1, -0.05) is 0 Å². The molecule has 0 saturated carbocycles. The zero-order valence-electron chi connectivity index (χ0n) is 6.50. The van der Waals surface area contributed by atoms with Crippen LogP contribution in [0.5, 0.6) is 0 Å². The van der Waals surface area contributed by atoms with E-state index in [0.717, 1.165) is 6.20 Å². The van der Waals surface area contributed by atoms with Crippen LogP contribution in [0.2, 0.25) is 0 Å². The Hall–Kier alpha value is -1.19. The molecule has 0 amide bonds. The molecular weight excluding hydrogens is 145 g/mol. The first-order valence-corrected chi connectivity index (χ1v) is 3.42. The minimum atomic E-state index is -0.556. The third-order valence-electron chi connectivity index (χ3n) is 1.06. The lowest BCUT2D eigenvalue weighted by molar-refractivity contribution is 0.577. The van der Waals surface area contributed by atoms with Crippen LogP contribution in [0, 0.1) is 5.95 Å². The van der Waals surface area contributed by atoms with Crippen molar-refractivity contribution in [1.82, 2.24) is 9.97 Å². The van der Waals surface area contributed by atoms with Gasteiger partial charge >= 0.3 is 0 Å². The summed E-state index contributed by atoms with van der Waals surface area (Å²) in [6.07, 6.45) is 2.46. The number of halogens is 1. The van der Waals surface area contributed by atoms with E-state index in [1.165, 1.54) is 6.20 Å². The van der Waals surface area contributed by atoms with E-state index in [-0.39, 0.29) is 6.04 Å². The molecule has 1 rings (SSSR count). The molecule has 0 fully saturated rings. The van der Waals surface area contributed by atoms with E-state index in [1.807, 2.05) is 13.8 Å². The first-order chi connectivity index (χ1) is 5.18. The van der Waals surface area contributed by atoms with Gasteiger partial charge in [0.1, 0.15) is 5.82 Å². The lowest BCUT2D eigenvalue weighted by Crippen LogP contribution is -2.11. The van der Waals surface area contributed by atoms with E-state index in [4.69, 9.17) is 0 Å². The van der Waals surface area contributed by atoms with Crippen LogP contribution in [0.15, 0.2) is 12.4 Å². The van der Waals surface area contributed by atoms with Gasteiger partial charge < -0.3 is 5.32 Å². The molecule has 3 nitrogen and oxygen atoms in total. The number of anilines is 1. The summed E-state index contributed by atoms with van der Waals surface area (Å²) < 4.78 is 12.2. The standard InChI is InChI=1S/C7H10FN3/c1-5(2)11-7-4-9-6(8)3-10-7/h3-5H,1-2H3,(H,10,11). The summed E-state index contributed by atoms with van der Waals surface area (Å²) in [6, 6.07) is 0.287. The number of nitrogens with one attached hydrogen (secondary N) is 1. The second kappa shape index (κ2) is 3.27. The molecule has 0 aliphatic heterocycles. The number of hydrogen-bond acceptors (Lipinski definition) is 3. The van der Waals surface area contributed by atoms with Gasteiger partial charge in [-0.3, -0.25) is 0 Å². The van der Waals surface area contributed by atoms with Crippen LogP contribution in [-0.4, -0.2) is 16.0 Å². The maximum Gasteiger partial charge on any atom is 0.231 e. The Morgan fingerprint density at radius 3 is 2.55 bits per heavy atom. The van der Waals surface area contributed by atoms with Gasteiger partial charge in [0.05, 0.1) is 12.4 Å². The van der Waals surface area contributed by atoms with Gasteiger partial charge in [0.25, 0.3) is 0 Å². The molecular formula is C7H10FN3. The van der Waals surface area contributed by atoms with E-state index in [0.29, 0.717) is 5.82 Å². The van der Waals surface area contributed by atoms with Crippen molar-refractivity contribution in [3.63, 3.8) is 0 Å². The first kappa shape index (κ1) is 7.91. The highest BCUT2D eigenvalue weighted by Gasteiger charge is 1.96. The fraction of sp³-hybridized carbons (Fsp3) is 0.429. The van der Waals surface area contributed by atoms with E-state index in [1.54, 1.807) is 0 Å². The smallest absolute Gasteiger partial charge is 0.231 e. The maximum atomic E-state index is 12.2. The molecule has 0 saturated heterocycles. The monoisotopic (exact) mass is 155 g/mol. The van der Waals surface area contributed by atoms with Crippen LogP contribution in [0.3, 0.4) is 0 Å². The average Bonchev–Trinajstić information content (AvgIpc) is 1.93. The zero-order valence-corrected chi connectivity index (χ0v) is 6.50. The molecule has 1 aromatic heterocycles. The summed E-state index contributed by atoms with van der Waals surface area (Å²) in [5, 5.41) is 2.99. The SMILES string of the molecule is CC(C)Nc1cnc(F)cn1. The van der Waals surface area contributed by atoms with Crippen molar-refractivity contribution in [2.45, 2.75) is 19.9 Å². The summed E-state index contributed by atoms with van der Waals surface area (Å²) in [4.78, 5) is 7.21. The van der Waals surface area contributed by atoms with Crippen molar-refractivity contribution in [1.29, 1.82) is 0 Å². The van der Waals surface area contributed by atoms with Gasteiger partial charge in [0, 0.05) is 6.04 Å². The second-order valence-corrected chi connectivity index (χ2v) is 2.52. The van der Waals surface area contributed by atoms with E-state index in [9.17, 15) is 4.39 Å². The summed E-state index contributed by atoms with van der Waals surface area (Å²) >= 11 is 0. The Bertz CT molecular complexity index is 220. The molecule has 1 heterocycles. The number of aromatic nitrogens is 2. The van der Waals surface area contributed by atoms with Crippen molar-refractivity contribution in [3.05, 3.63) is 18.3 Å². The van der Waals surface area contributed by atoms with Gasteiger partial charge in [0.15, 0.2) is 0 Å². The van der Waals surface area contributed by atoms with Crippen LogP contribution >= 0.6 is 0 Å². The predicted molar refractivity (Wildman–Crippen MR) is 40.7 cm³/mol. The Morgan fingerprint density at radius 2 is 2.09 bits per heavy atom. The number of hydrogen-bond donors (Lipinski definition) is 1. The fourth-order valence-electron chi connectivity index (χ4n) is 0.683. The lowest BCUT2D eigenvalue weighted by atomic mass is 10.4. The second-order valence-electron chi connectivity index (χ2n) is 2.52. The molecule has 0 bridgehead atoms. The maximum absolute atomic E-state index is 12.2. The fourth-order valence-corrected chi connectivity index (χ4v) is 0.683. The highest BCUT2D eigenvalue weighted by Crippen LogP contribution is 2.00. The van der Waals surface area contributed by atoms with E-state index < -0.39 is 5.95 Å².